The van der Waals surface area contributed by atoms with E-state index in [4.69, 9.17) is 15.7 Å². The molecule has 0 spiro atoms. The predicted molar refractivity (Wildman–Crippen MR) is 57.1 cm³/mol. The fraction of sp³-hybridized carbons (Fsp3) is 0. The highest BCUT2D eigenvalue weighted by Gasteiger charge is 2.17. The topological polar surface area (TPSA) is 155 Å². The molecule has 0 saturated carbocycles. The van der Waals surface area contributed by atoms with Crippen molar-refractivity contribution in [1.29, 1.82) is 10.9 Å². The Morgan fingerprint density at radius 3 is 2.06 bits per heavy atom. The quantitative estimate of drug-likeness (QED) is 0.359. The van der Waals surface area contributed by atoms with E-state index in [-0.39, 0.29) is 10.6 Å². The Morgan fingerprint density at radius 2 is 1.67 bits per heavy atom. The van der Waals surface area contributed by atoms with Crippen molar-refractivity contribution < 1.29 is 18.0 Å². The number of benzene rings is 1. The maximum atomic E-state index is 11.2. The van der Waals surface area contributed by atoms with Crippen molar-refractivity contribution in [3.63, 3.8) is 0 Å². The van der Waals surface area contributed by atoms with E-state index in [9.17, 15) is 13.2 Å². The number of nitrogens with one attached hydrogen (secondary N) is 2. The number of isocyanates is 2. The van der Waals surface area contributed by atoms with Crippen LogP contribution in [-0.2, 0) is 19.6 Å². The molecule has 0 amide bonds. The zero-order valence-electron chi connectivity index (χ0n) is 8.69. The summed E-state index contributed by atoms with van der Waals surface area (Å²) in [5.74, 6) is 0. The molecule has 1 aromatic carbocycles. The van der Waals surface area contributed by atoms with Crippen molar-refractivity contribution in [2.45, 2.75) is 4.90 Å². The first-order chi connectivity index (χ1) is 8.51. The summed E-state index contributed by atoms with van der Waals surface area (Å²) in [6.07, 6.45) is 2.07. The van der Waals surface area contributed by atoms with Crippen LogP contribution in [0.15, 0.2) is 38.7 Å². The third kappa shape index (κ3) is 4.84. The first kappa shape index (κ1) is 15.2. The molecule has 9 nitrogen and oxygen atoms in total. The van der Waals surface area contributed by atoms with E-state index < -0.39 is 10.0 Å². The Kier molecular flexibility index (Phi) is 6.35. The maximum absolute atomic E-state index is 11.2. The van der Waals surface area contributed by atoms with Gasteiger partial charge in [-0.2, -0.15) is 13.4 Å². The van der Waals surface area contributed by atoms with Crippen molar-refractivity contribution in [2.24, 2.45) is 9.51 Å². The summed E-state index contributed by atoms with van der Waals surface area (Å²) in [4.78, 5) is 23.8. The van der Waals surface area contributed by atoms with E-state index in [0.717, 1.165) is 6.08 Å². The van der Waals surface area contributed by atoms with Gasteiger partial charge < -0.3 is 0 Å². The smallest absolute Gasteiger partial charge is 0.222 e. The molecule has 0 fully saturated rings. The molecule has 0 unspecified atom stereocenters. The highest BCUT2D eigenvalue weighted by molar-refractivity contribution is 7.90. The van der Waals surface area contributed by atoms with Gasteiger partial charge in [0.25, 0.3) is 4.52 Å². The minimum absolute atomic E-state index is 0.122. The Bertz CT molecular complexity index is 633. The van der Waals surface area contributed by atoms with Gasteiger partial charge in [0.1, 0.15) is 5.53 Å². The van der Waals surface area contributed by atoms with E-state index in [1.165, 1.54) is 30.3 Å². The fourth-order valence-electron chi connectivity index (χ4n) is 0.846. The summed E-state index contributed by atoms with van der Waals surface area (Å²) in [6, 6.07) is 5.05. The van der Waals surface area contributed by atoms with Crippen molar-refractivity contribution in [3.05, 3.63) is 24.3 Å². The van der Waals surface area contributed by atoms with Crippen LogP contribution in [0, 0.1) is 10.9 Å². The van der Waals surface area contributed by atoms with Gasteiger partial charge >= 0.3 is 10.0 Å². The van der Waals surface area contributed by atoms with Gasteiger partial charge in [0.05, 0.1) is 10.6 Å². The molecule has 2 N–H and O–H groups in total. The second-order valence-electron chi connectivity index (χ2n) is 2.46. The van der Waals surface area contributed by atoms with Crippen LogP contribution < -0.4 is 4.91 Å². The highest BCUT2D eigenvalue weighted by Crippen LogP contribution is 2.17. The monoisotopic (exact) mass is 268 g/mol. The van der Waals surface area contributed by atoms with Crippen molar-refractivity contribution in [3.8, 4) is 0 Å². The average Bonchev–Trinajstić information content (AvgIpc) is 2.31. The first-order valence-electron chi connectivity index (χ1n) is 4.07. The molecule has 0 saturated heterocycles. The lowest BCUT2D eigenvalue weighted by atomic mass is 10.3. The van der Waals surface area contributed by atoms with Crippen LogP contribution in [0.3, 0.4) is 0 Å². The molecule has 0 heterocycles. The molecule has 10 heteroatoms. The van der Waals surface area contributed by atoms with Crippen molar-refractivity contribution in [2.75, 3.05) is 0 Å². The van der Waals surface area contributed by atoms with Crippen LogP contribution in [-0.4, -0.2) is 20.6 Å². The van der Waals surface area contributed by atoms with Crippen molar-refractivity contribution >= 4 is 27.9 Å². The number of hydrogen-bond acceptors (Lipinski definition) is 7. The van der Waals surface area contributed by atoms with Gasteiger partial charge in [0, 0.05) is 0 Å². The second kappa shape index (κ2) is 7.50. The zero-order chi connectivity index (χ0) is 14.0. The van der Waals surface area contributed by atoms with Crippen molar-refractivity contribution in [1.82, 2.24) is 4.91 Å². The number of rotatable bonds is 3. The van der Waals surface area contributed by atoms with Gasteiger partial charge in [-0.15, -0.1) is 0 Å². The summed E-state index contributed by atoms with van der Waals surface area (Å²) in [5, 5.41) is 5.40. The van der Waals surface area contributed by atoms with E-state index in [1.54, 1.807) is 0 Å². The molecular weight excluding hydrogens is 262 g/mol. The maximum Gasteiger partial charge on any atom is 0.355 e. The van der Waals surface area contributed by atoms with Gasteiger partial charge in [0.2, 0.25) is 17.1 Å². The molecule has 92 valence electrons. The van der Waals surface area contributed by atoms with Crippen LogP contribution in [0.2, 0.25) is 0 Å². The van der Waals surface area contributed by atoms with Crippen LogP contribution in [0.25, 0.3) is 0 Å². The summed E-state index contributed by atoms with van der Waals surface area (Å²) < 4.78 is 25.2. The Morgan fingerprint density at radius 1 is 1.17 bits per heavy atom. The molecular formula is C8H6N5O4S+. The molecule has 0 aromatic heterocycles. The number of sulfonamides is 1. The van der Waals surface area contributed by atoms with E-state index in [2.05, 4.69) is 14.4 Å². The van der Waals surface area contributed by atoms with Crippen LogP contribution in [0.1, 0.15) is 0 Å². The molecule has 1 rings (SSSR count). The largest absolute Gasteiger partial charge is 0.355 e. The van der Waals surface area contributed by atoms with Crippen LogP contribution in [0.4, 0.5) is 5.69 Å². The zero-order valence-corrected chi connectivity index (χ0v) is 9.51. The molecule has 0 aliphatic carbocycles. The fourth-order valence-corrected chi connectivity index (χ4v) is 1.53. The summed E-state index contributed by atoms with van der Waals surface area (Å²) in [7, 11) is -3.91. The normalized spacial score (nSPS) is 8.67. The Labute approximate surface area is 101 Å². The first-order valence-corrected chi connectivity index (χ1v) is 5.51. The Balaban J connectivity index is 0.000000873. The van der Waals surface area contributed by atoms with Gasteiger partial charge in [-0.1, -0.05) is 0 Å². The van der Waals surface area contributed by atoms with Gasteiger partial charge in [-0.3, -0.25) is 0 Å². The second-order valence-corrected chi connectivity index (χ2v) is 4.04. The van der Waals surface area contributed by atoms with E-state index >= 15 is 0 Å². The van der Waals surface area contributed by atoms with Gasteiger partial charge in [-0.25, -0.2) is 15.0 Å². The number of carbonyl (C=O) groups excluding carboxylic acids is 2. The minimum Gasteiger partial charge on any atom is -0.222 e. The predicted octanol–water partition coefficient (Wildman–Crippen LogP) is 0.794. The summed E-state index contributed by atoms with van der Waals surface area (Å²) in [5.41, 5.74) is 6.61. The van der Waals surface area contributed by atoms with Gasteiger partial charge in [0.15, 0.2) is 0 Å². The molecule has 0 bridgehead atoms. The molecule has 0 aliphatic heterocycles. The lowest BCUT2D eigenvalue weighted by molar-refractivity contribution is 0.562. The van der Waals surface area contributed by atoms with E-state index in [1.807, 2.05) is 0 Å². The minimum atomic E-state index is -3.91. The third-order valence-electron chi connectivity index (χ3n) is 1.46. The molecule has 18 heavy (non-hydrogen) atoms. The average molecular weight is 268 g/mol. The third-order valence-corrected chi connectivity index (χ3v) is 2.62. The number of aliphatic imine (C=N–C) groups is 1. The SMILES string of the molecule is N=C=O.N=[N+]=NS(=O)(=O)c1ccc(N=C=O)cc1. The summed E-state index contributed by atoms with van der Waals surface area (Å²) >= 11 is 0. The Hall–Kier alpha value is -2.76. The number of nitrogens with zero attached hydrogens (tertiary/aromatic N) is 3. The standard InChI is InChI=1S/C7H5N4O3S.CHNO/c8-10-11-15(13,14)7-3-1-6(2-4-7)9-5-12;2-1-3/h1-4,8H;2H/q+1;. The van der Waals surface area contributed by atoms with Crippen LogP contribution in [0.5, 0.6) is 0 Å². The molecule has 0 radical (unpaired) electrons. The molecule has 1 aromatic rings. The van der Waals surface area contributed by atoms with Crippen LogP contribution >= 0.6 is 0 Å². The van der Waals surface area contributed by atoms with Gasteiger partial charge in [-0.05, 0) is 24.3 Å². The summed E-state index contributed by atoms with van der Waals surface area (Å²) in [6.45, 7) is 0. The lowest BCUT2D eigenvalue weighted by Gasteiger charge is -1.92. The lowest BCUT2D eigenvalue weighted by Crippen LogP contribution is -1.95. The molecule has 0 atom stereocenters. The highest BCUT2D eigenvalue weighted by atomic mass is 32.2. The van der Waals surface area contributed by atoms with E-state index in [0.29, 0.717) is 0 Å². The molecule has 0 aliphatic rings. The number of hydrogen-bond donors (Lipinski definition) is 2.